The van der Waals surface area contributed by atoms with Crippen molar-refractivity contribution in [1.82, 2.24) is 25.2 Å². The molecule has 2 amide bonds. The molecule has 1 N–H and O–H groups in total. The van der Waals surface area contributed by atoms with E-state index in [0.717, 1.165) is 6.07 Å². The second-order valence-corrected chi connectivity index (χ2v) is 9.64. The largest absolute Gasteiger partial charge is 0.573 e. The summed E-state index contributed by atoms with van der Waals surface area (Å²) in [6.45, 7) is 4.04. The number of amides is 2. The van der Waals surface area contributed by atoms with E-state index in [2.05, 4.69) is 27.1 Å². The van der Waals surface area contributed by atoms with Gasteiger partial charge in [-0.15, -0.1) is 13.2 Å². The average molecular weight is 505 g/mol. The Morgan fingerprint density at radius 1 is 1.08 bits per heavy atom. The number of carbonyl (C=O) groups excluding carboxylic acids is 2. The number of likely N-dealkylation sites (tertiary alicyclic amines) is 2. The number of hydrogen-bond acceptors (Lipinski definition) is 5. The Bertz CT molecular complexity index is 1330. The Hall–Kier alpha value is -3.70. The zero-order valence-corrected chi connectivity index (χ0v) is 19.3. The van der Waals surface area contributed by atoms with Gasteiger partial charge in [-0.2, -0.15) is 15.4 Å². The van der Waals surface area contributed by atoms with E-state index < -0.39 is 17.9 Å². The van der Waals surface area contributed by atoms with Crippen molar-refractivity contribution in [3.8, 4) is 5.75 Å². The number of fused-ring (bicyclic) bond motifs is 2. The number of aromatic amines is 1. The van der Waals surface area contributed by atoms with Crippen LogP contribution in [0.3, 0.4) is 0 Å². The molecule has 1 aromatic heterocycles. The Balaban J connectivity index is 1.17. The Morgan fingerprint density at radius 2 is 1.81 bits per heavy atom. The first kappa shape index (κ1) is 24.0. The Kier molecular flexibility index (Phi) is 5.84. The van der Waals surface area contributed by atoms with Crippen molar-refractivity contribution in [2.24, 2.45) is 11.3 Å². The smallest absolute Gasteiger partial charge is 0.406 e. The molecule has 0 spiro atoms. The standard InChI is InChI=1S/C24H23F4N5O3/c1-23-12-32(21(34)7-4-14-2-5-17(9-18(14)25)36-24(26,27)28)10-16(23)11-33(13-23)22(35)15-3-6-19-20(8-15)30-31-29-19/h2-3,5-6,8-9,16H,4,7,10-13H2,1H3,(H,29,30,31)/t16-,23?/m1/s1. The predicted octanol–water partition coefficient (Wildman–Crippen LogP) is 3.55. The van der Waals surface area contributed by atoms with E-state index in [9.17, 15) is 27.2 Å². The monoisotopic (exact) mass is 505 g/mol. The fourth-order valence-electron chi connectivity index (χ4n) is 5.17. The normalized spacial score (nSPS) is 21.8. The average Bonchev–Trinajstić information content (AvgIpc) is 3.48. The summed E-state index contributed by atoms with van der Waals surface area (Å²) in [6, 6.07) is 8.06. The molecule has 0 saturated carbocycles. The molecule has 2 aromatic carbocycles. The van der Waals surface area contributed by atoms with Crippen molar-refractivity contribution in [3.63, 3.8) is 0 Å². The van der Waals surface area contributed by atoms with E-state index in [4.69, 9.17) is 0 Å². The highest BCUT2D eigenvalue weighted by Crippen LogP contribution is 2.42. The quantitative estimate of drug-likeness (QED) is 0.536. The molecule has 12 heteroatoms. The van der Waals surface area contributed by atoms with Crippen molar-refractivity contribution in [1.29, 1.82) is 0 Å². The van der Waals surface area contributed by atoms with Gasteiger partial charge in [-0.3, -0.25) is 9.59 Å². The van der Waals surface area contributed by atoms with Crippen LogP contribution < -0.4 is 4.74 Å². The molecular formula is C24H23F4N5O3. The number of rotatable bonds is 5. The Labute approximate surface area is 203 Å². The third-order valence-corrected chi connectivity index (χ3v) is 7.04. The molecule has 2 aliphatic rings. The molecule has 190 valence electrons. The van der Waals surface area contributed by atoms with Crippen LogP contribution in [-0.2, 0) is 11.2 Å². The van der Waals surface area contributed by atoms with Gasteiger partial charge < -0.3 is 14.5 Å². The highest BCUT2D eigenvalue weighted by Gasteiger charge is 2.51. The number of aryl methyl sites for hydroxylation is 1. The number of halogens is 4. The topological polar surface area (TPSA) is 91.4 Å². The lowest BCUT2D eigenvalue weighted by molar-refractivity contribution is -0.274. The van der Waals surface area contributed by atoms with Crippen LogP contribution in [0.4, 0.5) is 17.6 Å². The molecule has 2 saturated heterocycles. The number of ether oxygens (including phenoxy) is 1. The van der Waals surface area contributed by atoms with Crippen molar-refractivity contribution in [3.05, 3.63) is 53.3 Å². The summed E-state index contributed by atoms with van der Waals surface area (Å²) in [6.07, 6.45) is -4.82. The lowest BCUT2D eigenvalue weighted by atomic mass is 9.83. The SMILES string of the molecule is CC12CN(C(=O)CCc3ccc(OC(F)(F)F)cc3F)C[C@@H]1CN(C(=O)c1ccc3n[nH]nc3c1)C2. The molecule has 3 heterocycles. The van der Waals surface area contributed by atoms with Gasteiger partial charge in [-0.25, -0.2) is 4.39 Å². The third-order valence-electron chi connectivity index (χ3n) is 7.04. The van der Waals surface area contributed by atoms with Gasteiger partial charge in [0.05, 0.1) is 0 Å². The first-order chi connectivity index (χ1) is 17.0. The number of nitrogens with one attached hydrogen (secondary N) is 1. The van der Waals surface area contributed by atoms with Crippen LogP contribution in [-0.4, -0.2) is 69.6 Å². The number of alkyl halides is 3. The summed E-state index contributed by atoms with van der Waals surface area (Å²) < 4.78 is 54.8. The molecule has 2 fully saturated rings. The fraction of sp³-hybridized carbons (Fsp3) is 0.417. The van der Waals surface area contributed by atoms with Gasteiger partial charge >= 0.3 is 6.36 Å². The van der Waals surface area contributed by atoms with E-state index in [1.54, 1.807) is 28.0 Å². The number of carbonyl (C=O) groups is 2. The van der Waals surface area contributed by atoms with Crippen LogP contribution in [0.15, 0.2) is 36.4 Å². The van der Waals surface area contributed by atoms with Crippen LogP contribution in [0.1, 0.15) is 29.3 Å². The minimum atomic E-state index is -4.90. The second-order valence-electron chi connectivity index (χ2n) is 9.64. The van der Waals surface area contributed by atoms with Crippen molar-refractivity contribution >= 4 is 22.8 Å². The number of benzene rings is 2. The zero-order valence-electron chi connectivity index (χ0n) is 19.3. The van der Waals surface area contributed by atoms with Crippen LogP contribution in [0.5, 0.6) is 5.75 Å². The lowest BCUT2D eigenvalue weighted by Gasteiger charge is -2.25. The number of aromatic nitrogens is 3. The maximum absolute atomic E-state index is 14.2. The molecular weight excluding hydrogens is 482 g/mol. The van der Waals surface area contributed by atoms with Crippen LogP contribution in [0, 0.1) is 17.2 Å². The summed E-state index contributed by atoms with van der Waals surface area (Å²) in [5.74, 6) is -1.64. The van der Waals surface area contributed by atoms with Crippen LogP contribution in [0.25, 0.3) is 11.0 Å². The van der Waals surface area contributed by atoms with Gasteiger partial charge in [0.1, 0.15) is 22.6 Å². The van der Waals surface area contributed by atoms with Crippen LogP contribution >= 0.6 is 0 Å². The molecule has 36 heavy (non-hydrogen) atoms. The molecule has 3 aromatic rings. The van der Waals surface area contributed by atoms with Gasteiger partial charge in [0.25, 0.3) is 5.91 Å². The molecule has 5 rings (SSSR count). The van der Waals surface area contributed by atoms with Gasteiger partial charge in [-0.05, 0) is 36.2 Å². The number of hydrogen-bond donors (Lipinski definition) is 1. The lowest BCUT2D eigenvalue weighted by Crippen LogP contribution is -2.37. The molecule has 0 bridgehead atoms. The van der Waals surface area contributed by atoms with Gasteiger partial charge in [-0.1, -0.05) is 13.0 Å². The van der Waals surface area contributed by atoms with Crippen molar-refractivity contribution in [2.75, 3.05) is 26.2 Å². The third kappa shape index (κ3) is 4.71. The molecule has 1 unspecified atom stereocenters. The minimum absolute atomic E-state index is 0.0273. The molecule has 0 radical (unpaired) electrons. The van der Waals surface area contributed by atoms with E-state index in [1.807, 2.05) is 0 Å². The van der Waals surface area contributed by atoms with Gasteiger partial charge in [0.2, 0.25) is 5.91 Å². The first-order valence-electron chi connectivity index (χ1n) is 11.4. The van der Waals surface area contributed by atoms with Crippen molar-refractivity contribution < 1.29 is 31.9 Å². The minimum Gasteiger partial charge on any atom is -0.406 e. The summed E-state index contributed by atoms with van der Waals surface area (Å²) in [4.78, 5) is 29.4. The van der Waals surface area contributed by atoms with E-state index in [0.29, 0.717) is 48.8 Å². The van der Waals surface area contributed by atoms with Gasteiger partial charge in [0.15, 0.2) is 0 Å². The van der Waals surface area contributed by atoms with Crippen LogP contribution in [0.2, 0.25) is 0 Å². The maximum atomic E-state index is 14.2. The first-order valence-corrected chi connectivity index (χ1v) is 11.4. The number of nitrogens with zero attached hydrogens (tertiary/aromatic N) is 4. The highest BCUT2D eigenvalue weighted by atomic mass is 19.4. The summed E-state index contributed by atoms with van der Waals surface area (Å²) in [7, 11) is 0. The van der Waals surface area contributed by atoms with E-state index in [1.165, 1.54) is 6.07 Å². The fourth-order valence-corrected chi connectivity index (χ4v) is 5.17. The number of H-pyrrole nitrogens is 1. The van der Waals surface area contributed by atoms with Gasteiger partial charge in [0, 0.05) is 55.6 Å². The predicted molar refractivity (Wildman–Crippen MR) is 119 cm³/mol. The molecule has 8 nitrogen and oxygen atoms in total. The molecule has 0 aliphatic carbocycles. The summed E-state index contributed by atoms with van der Waals surface area (Å²) in [5, 5.41) is 10.5. The maximum Gasteiger partial charge on any atom is 0.573 e. The van der Waals surface area contributed by atoms with E-state index >= 15 is 0 Å². The summed E-state index contributed by atoms with van der Waals surface area (Å²) >= 11 is 0. The van der Waals surface area contributed by atoms with E-state index in [-0.39, 0.29) is 41.6 Å². The summed E-state index contributed by atoms with van der Waals surface area (Å²) in [5.41, 5.74) is 1.70. The second kappa shape index (κ2) is 8.75. The zero-order chi connectivity index (χ0) is 25.7. The highest BCUT2D eigenvalue weighted by molar-refractivity contribution is 5.97. The Morgan fingerprint density at radius 3 is 2.53 bits per heavy atom. The molecule has 2 aliphatic heterocycles. The molecule has 2 atom stereocenters. The van der Waals surface area contributed by atoms with Crippen molar-refractivity contribution in [2.45, 2.75) is 26.1 Å².